The summed E-state index contributed by atoms with van der Waals surface area (Å²) >= 11 is 0. The lowest BCUT2D eigenvalue weighted by molar-refractivity contribution is -0.117. The molecule has 1 unspecified atom stereocenters. The van der Waals surface area contributed by atoms with Crippen LogP contribution in [0, 0.1) is 5.92 Å². The second kappa shape index (κ2) is 7.89. The predicted octanol–water partition coefficient (Wildman–Crippen LogP) is 3.07. The number of amides is 1. The highest BCUT2D eigenvalue weighted by molar-refractivity contribution is 5.95. The molecule has 2 atom stereocenters. The average Bonchev–Trinajstić information content (AvgIpc) is 3.45. The smallest absolute Gasteiger partial charge is 0.230 e. The fourth-order valence-corrected chi connectivity index (χ4v) is 3.79. The van der Waals surface area contributed by atoms with Crippen LogP contribution >= 0.6 is 0 Å². The van der Waals surface area contributed by atoms with E-state index in [1.807, 2.05) is 24.3 Å². The number of aliphatic hydroxyl groups is 1. The summed E-state index contributed by atoms with van der Waals surface area (Å²) in [5.41, 5.74) is 10.8. The van der Waals surface area contributed by atoms with Crippen molar-refractivity contribution in [2.45, 2.75) is 38.1 Å². The van der Waals surface area contributed by atoms with Crippen LogP contribution < -0.4 is 16.0 Å². The Kier molecular flexibility index (Phi) is 5.33. The summed E-state index contributed by atoms with van der Waals surface area (Å²) in [4.78, 5) is 14.3. The van der Waals surface area contributed by atoms with Gasteiger partial charge in [0, 0.05) is 31.0 Å². The Hall–Kier alpha value is -2.44. The summed E-state index contributed by atoms with van der Waals surface area (Å²) in [6.07, 6.45) is 0.653. The molecule has 0 aromatic heterocycles. The van der Waals surface area contributed by atoms with Crippen molar-refractivity contribution < 1.29 is 14.3 Å². The second-order valence-electron chi connectivity index (χ2n) is 7.69. The highest BCUT2D eigenvalue weighted by atomic mass is 19.1. The van der Waals surface area contributed by atoms with E-state index in [2.05, 4.69) is 28.4 Å². The average molecular weight is 383 g/mol. The number of carbonyl (C=O) groups excluding carboxylic acids is 1. The van der Waals surface area contributed by atoms with Crippen LogP contribution in [0.4, 0.5) is 15.8 Å². The van der Waals surface area contributed by atoms with Crippen molar-refractivity contribution in [3.05, 3.63) is 48.0 Å². The first-order chi connectivity index (χ1) is 13.5. The zero-order valence-corrected chi connectivity index (χ0v) is 15.8. The van der Waals surface area contributed by atoms with Gasteiger partial charge in [-0.2, -0.15) is 0 Å². The Bertz CT molecular complexity index is 865. The quantitative estimate of drug-likeness (QED) is 0.741. The van der Waals surface area contributed by atoms with Crippen LogP contribution in [0.2, 0.25) is 0 Å². The van der Waals surface area contributed by atoms with E-state index < -0.39 is 12.1 Å². The predicted molar refractivity (Wildman–Crippen MR) is 109 cm³/mol. The highest BCUT2D eigenvalue weighted by Crippen LogP contribution is 2.35. The number of alkyl halides is 1. The molecule has 1 saturated carbocycles. The molecule has 6 heteroatoms. The molecule has 4 rings (SSSR count). The Morgan fingerprint density at radius 3 is 2.57 bits per heavy atom. The molecule has 148 valence electrons. The molecule has 2 aromatic rings. The highest BCUT2D eigenvalue weighted by Gasteiger charge is 2.43. The van der Waals surface area contributed by atoms with Crippen molar-refractivity contribution in [1.82, 2.24) is 0 Å². The first-order valence-corrected chi connectivity index (χ1v) is 9.86. The van der Waals surface area contributed by atoms with Gasteiger partial charge in [-0.1, -0.05) is 18.2 Å². The number of rotatable bonds is 5. The van der Waals surface area contributed by atoms with Gasteiger partial charge in [0.1, 0.15) is 6.17 Å². The number of nitrogens with two attached hydrogens (primary N) is 1. The first-order valence-electron chi connectivity index (χ1n) is 9.86. The third-order valence-electron chi connectivity index (χ3n) is 5.62. The maximum Gasteiger partial charge on any atom is 0.230 e. The maximum atomic E-state index is 13.1. The molecule has 5 nitrogen and oxygen atoms in total. The molecule has 1 saturated heterocycles. The lowest BCUT2D eigenvalue weighted by atomic mass is 9.99. The van der Waals surface area contributed by atoms with Crippen LogP contribution in [0.1, 0.15) is 24.8 Å². The number of benzene rings is 2. The van der Waals surface area contributed by atoms with Gasteiger partial charge in [0.25, 0.3) is 0 Å². The van der Waals surface area contributed by atoms with Gasteiger partial charge in [-0.05, 0) is 60.2 Å². The van der Waals surface area contributed by atoms with Crippen molar-refractivity contribution in [2.24, 2.45) is 11.7 Å². The van der Waals surface area contributed by atoms with Crippen LogP contribution in [0.5, 0.6) is 0 Å². The maximum absolute atomic E-state index is 13.1. The molecular weight excluding hydrogens is 357 g/mol. The van der Waals surface area contributed by atoms with E-state index in [0.29, 0.717) is 18.7 Å². The van der Waals surface area contributed by atoms with Gasteiger partial charge in [-0.25, -0.2) is 4.39 Å². The number of piperidine rings is 1. The lowest BCUT2D eigenvalue weighted by Crippen LogP contribution is -2.36. The van der Waals surface area contributed by atoms with Gasteiger partial charge in [-0.3, -0.25) is 4.79 Å². The summed E-state index contributed by atoms with van der Waals surface area (Å²) < 4.78 is 13.1. The molecule has 4 N–H and O–H groups in total. The minimum absolute atomic E-state index is 0.210. The Morgan fingerprint density at radius 2 is 1.89 bits per heavy atom. The molecular formula is C22H26FN3O2. The summed E-state index contributed by atoms with van der Waals surface area (Å²) in [6, 6.07) is 13.8. The first kappa shape index (κ1) is 18.9. The third kappa shape index (κ3) is 4.03. The number of nitrogens with one attached hydrogen (secondary N) is 1. The monoisotopic (exact) mass is 383 g/mol. The van der Waals surface area contributed by atoms with E-state index in [-0.39, 0.29) is 12.0 Å². The minimum Gasteiger partial charge on any atom is -0.393 e. The number of carbonyl (C=O) groups is 1. The fraction of sp³-hybridized carbons (Fsp3) is 0.409. The zero-order chi connectivity index (χ0) is 19.7. The minimum atomic E-state index is -1.00. The summed E-state index contributed by atoms with van der Waals surface area (Å²) in [5.74, 6) is -0.759. The van der Waals surface area contributed by atoms with Crippen LogP contribution in [0.25, 0.3) is 11.1 Å². The van der Waals surface area contributed by atoms with Crippen molar-refractivity contribution in [3.8, 4) is 11.1 Å². The fourth-order valence-electron chi connectivity index (χ4n) is 3.79. The van der Waals surface area contributed by atoms with E-state index in [1.165, 1.54) is 0 Å². The Morgan fingerprint density at radius 1 is 1.18 bits per heavy atom. The standard InChI is InChI=1S/C22H26FN3O2/c23-20-12-19(20)22(28)25-17-3-1-2-14(11-17)15-4-5-21(16(10-15)13-24)26-8-6-18(27)7-9-26/h1-5,10-11,18-20,27H,6-9,12-13,24H2,(H,25,28)/t19?,20-/m1/s1. The van der Waals surface area contributed by atoms with Gasteiger partial charge in [0.05, 0.1) is 12.0 Å². The van der Waals surface area contributed by atoms with Gasteiger partial charge in [0.2, 0.25) is 5.91 Å². The van der Waals surface area contributed by atoms with E-state index in [0.717, 1.165) is 48.3 Å². The molecule has 2 aromatic carbocycles. The molecule has 28 heavy (non-hydrogen) atoms. The van der Waals surface area contributed by atoms with Crippen LogP contribution in [0.3, 0.4) is 0 Å². The Labute approximate surface area is 164 Å². The number of nitrogens with zero attached hydrogens (tertiary/aromatic N) is 1. The van der Waals surface area contributed by atoms with Gasteiger partial charge >= 0.3 is 0 Å². The number of aliphatic hydroxyl groups excluding tert-OH is 1. The lowest BCUT2D eigenvalue weighted by Gasteiger charge is -2.33. The van der Waals surface area contributed by atoms with Crippen LogP contribution in [-0.4, -0.2) is 36.4 Å². The zero-order valence-electron chi connectivity index (χ0n) is 15.8. The number of hydrogen-bond donors (Lipinski definition) is 3. The molecule has 0 radical (unpaired) electrons. The molecule has 1 aliphatic carbocycles. The second-order valence-corrected chi connectivity index (χ2v) is 7.69. The SMILES string of the molecule is NCc1cc(-c2cccc(NC(=O)C3C[C@H]3F)c2)ccc1N1CCC(O)CC1. The van der Waals surface area contributed by atoms with Crippen LogP contribution in [0.15, 0.2) is 42.5 Å². The van der Waals surface area contributed by atoms with E-state index in [9.17, 15) is 14.3 Å². The summed E-state index contributed by atoms with van der Waals surface area (Å²) in [7, 11) is 0. The van der Waals surface area contributed by atoms with Crippen molar-refractivity contribution in [2.75, 3.05) is 23.3 Å². The number of halogens is 1. The van der Waals surface area contributed by atoms with E-state index in [1.54, 1.807) is 0 Å². The third-order valence-corrected chi connectivity index (χ3v) is 5.62. The van der Waals surface area contributed by atoms with Gasteiger partial charge in [0.15, 0.2) is 0 Å². The topological polar surface area (TPSA) is 78.6 Å². The van der Waals surface area contributed by atoms with Crippen LogP contribution in [-0.2, 0) is 11.3 Å². The number of anilines is 2. The van der Waals surface area contributed by atoms with Crippen molar-refractivity contribution >= 4 is 17.3 Å². The molecule has 1 amide bonds. The van der Waals surface area contributed by atoms with Gasteiger partial charge in [-0.15, -0.1) is 0 Å². The molecule has 1 heterocycles. The van der Waals surface area contributed by atoms with E-state index >= 15 is 0 Å². The van der Waals surface area contributed by atoms with E-state index in [4.69, 9.17) is 5.73 Å². The van der Waals surface area contributed by atoms with Crippen molar-refractivity contribution in [3.63, 3.8) is 0 Å². The molecule has 1 aliphatic heterocycles. The Balaban J connectivity index is 1.54. The molecule has 0 spiro atoms. The van der Waals surface area contributed by atoms with Crippen molar-refractivity contribution in [1.29, 1.82) is 0 Å². The summed E-state index contributed by atoms with van der Waals surface area (Å²) in [6.45, 7) is 2.08. The normalized spacial score (nSPS) is 22.2. The largest absolute Gasteiger partial charge is 0.393 e. The molecule has 2 aliphatic rings. The summed E-state index contributed by atoms with van der Waals surface area (Å²) in [5, 5.41) is 12.5. The number of hydrogen-bond acceptors (Lipinski definition) is 4. The van der Waals surface area contributed by atoms with Gasteiger partial charge < -0.3 is 21.1 Å². The molecule has 0 bridgehead atoms. The molecule has 2 fully saturated rings.